The zero-order valence-electron chi connectivity index (χ0n) is 18.4. The smallest absolute Gasteiger partial charge is 0.331 e. The van der Waals surface area contributed by atoms with Crippen LogP contribution in [0.2, 0.25) is 0 Å². The Kier molecular flexibility index (Phi) is 7.08. The van der Waals surface area contributed by atoms with Crippen LogP contribution in [0.1, 0.15) is 31.5 Å². The van der Waals surface area contributed by atoms with Gasteiger partial charge >= 0.3 is 11.4 Å². The zero-order chi connectivity index (χ0) is 24.9. The van der Waals surface area contributed by atoms with Crippen LogP contribution < -0.4 is 22.5 Å². The van der Waals surface area contributed by atoms with Gasteiger partial charge in [0, 0.05) is 32.1 Å². The van der Waals surface area contributed by atoms with Crippen LogP contribution in [0.4, 0.5) is 8.78 Å². The minimum Gasteiger partial charge on any atom is -0.332 e. The molecule has 0 saturated carbocycles. The molecule has 0 fully saturated rings. The first kappa shape index (κ1) is 23.9. The summed E-state index contributed by atoms with van der Waals surface area (Å²) in [7, 11) is 0. The Morgan fingerprint density at radius 1 is 1.00 bits per heavy atom. The number of pyridine rings is 1. The second-order valence-electron chi connectivity index (χ2n) is 7.74. The van der Waals surface area contributed by atoms with E-state index >= 15 is 0 Å². The van der Waals surface area contributed by atoms with Crippen molar-refractivity contribution in [1.82, 2.24) is 34.2 Å². The van der Waals surface area contributed by atoms with Crippen molar-refractivity contribution < 1.29 is 13.3 Å². The fourth-order valence-electron chi connectivity index (χ4n) is 3.67. The van der Waals surface area contributed by atoms with Crippen LogP contribution in [-0.4, -0.2) is 40.7 Å². The molecule has 0 amide bonds. The summed E-state index contributed by atoms with van der Waals surface area (Å²) < 4.78 is 32.2. The van der Waals surface area contributed by atoms with Gasteiger partial charge in [-0.1, -0.05) is 11.2 Å². The van der Waals surface area contributed by atoms with Gasteiger partial charge in [0.2, 0.25) is 6.43 Å². The molecule has 4 aromatic rings. The molecular weight excluding hydrogens is 468 g/mol. The van der Waals surface area contributed by atoms with Crippen molar-refractivity contribution in [2.24, 2.45) is 0 Å². The van der Waals surface area contributed by atoms with E-state index in [0.717, 1.165) is 9.13 Å². The molecule has 184 valence electrons. The van der Waals surface area contributed by atoms with Gasteiger partial charge in [-0.15, -0.1) is 0 Å². The van der Waals surface area contributed by atoms with Crippen LogP contribution in [0.5, 0.6) is 0 Å². The van der Waals surface area contributed by atoms with Crippen molar-refractivity contribution >= 4 is 11.0 Å². The Balaban J connectivity index is 1.53. The number of H-pyrrole nitrogens is 2. The van der Waals surface area contributed by atoms with Crippen LogP contribution in [0.3, 0.4) is 0 Å². The number of aryl methyl sites for hydroxylation is 2. The van der Waals surface area contributed by atoms with E-state index < -0.39 is 35.3 Å². The van der Waals surface area contributed by atoms with Gasteiger partial charge < -0.3 is 9.51 Å². The molecule has 0 aliphatic heterocycles. The average molecular weight is 489 g/mol. The first-order chi connectivity index (χ1) is 16.8. The van der Waals surface area contributed by atoms with E-state index in [4.69, 9.17) is 4.52 Å². The van der Waals surface area contributed by atoms with Gasteiger partial charge in [0.1, 0.15) is 16.7 Å². The average Bonchev–Trinajstić information content (AvgIpc) is 3.30. The first-order valence-corrected chi connectivity index (χ1v) is 10.9. The van der Waals surface area contributed by atoms with E-state index in [0.29, 0.717) is 30.8 Å². The molecule has 0 aromatic carbocycles. The Morgan fingerprint density at radius 3 is 2.54 bits per heavy atom. The summed E-state index contributed by atoms with van der Waals surface area (Å²) in [5.74, 6) is 0.698. The summed E-state index contributed by atoms with van der Waals surface area (Å²) in [5, 5.41) is 3.89. The third-order valence-electron chi connectivity index (χ3n) is 5.30. The monoisotopic (exact) mass is 489 g/mol. The molecule has 12 nitrogen and oxygen atoms in total. The molecule has 2 N–H and O–H groups in total. The molecule has 0 saturated heterocycles. The lowest BCUT2D eigenvalue weighted by atomic mass is 10.2. The maximum absolute atomic E-state index is 13.0. The number of alkyl halides is 2. The van der Waals surface area contributed by atoms with Crippen LogP contribution >= 0.6 is 0 Å². The van der Waals surface area contributed by atoms with Gasteiger partial charge in [-0.3, -0.25) is 28.7 Å². The van der Waals surface area contributed by atoms with Crippen molar-refractivity contribution in [3.05, 3.63) is 71.9 Å². The number of unbranched alkanes of at least 4 members (excludes halogenated alkanes) is 1. The maximum atomic E-state index is 13.0. The third kappa shape index (κ3) is 5.31. The lowest BCUT2D eigenvalue weighted by Gasteiger charge is -2.13. The Hall–Kier alpha value is -4.23. The summed E-state index contributed by atoms with van der Waals surface area (Å²) in [6.07, 6.45) is -0.316. The number of aromatic amines is 2. The molecule has 0 unspecified atom stereocenters. The molecule has 0 spiro atoms. The summed E-state index contributed by atoms with van der Waals surface area (Å²) in [6, 6.07) is 5.27. The number of nitrogens with one attached hydrogen (secondary N) is 2. The van der Waals surface area contributed by atoms with E-state index in [9.17, 15) is 28.0 Å². The Labute approximate surface area is 194 Å². The number of halogens is 2. The molecule has 0 aliphatic carbocycles. The number of aromatic nitrogens is 7. The highest BCUT2D eigenvalue weighted by Gasteiger charge is 2.17. The normalized spacial score (nSPS) is 11.5. The van der Waals surface area contributed by atoms with Gasteiger partial charge in [0.15, 0.2) is 5.82 Å². The van der Waals surface area contributed by atoms with Crippen molar-refractivity contribution in [2.45, 2.75) is 51.6 Å². The Morgan fingerprint density at radius 2 is 1.80 bits per heavy atom. The van der Waals surface area contributed by atoms with Gasteiger partial charge in [-0.2, -0.15) is 4.98 Å². The Bertz CT molecular complexity index is 1550. The lowest BCUT2D eigenvalue weighted by molar-refractivity contribution is 0.133. The molecule has 4 aromatic heterocycles. The second kappa shape index (κ2) is 10.4. The highest BCUT2D eigenvalue weighted by molar-refractivity contribution is 5.71. The number of rotatable bonds is 10. The maximum Gasteiger partial charge on any atom is 0.331 e. The van der Waals surface area contributed by atoms with E-state index in [2.05, 4.69) is 20.1 Å². The second-order valence-corrected chi connectivity index (χ2v) is 7.74. The van der Waals surface area contributed by atoms with E-state index in [1.165, 1.54) is 0 Å². The minimum absolute atomic E-state index is 0.0256. The molecule has 4 heterocycles. The van der Waals surface area contributed by atoms with Crippen molar-refractivity contribution in [1.29, 1.82) is 0 Å². The number of nitrogens with zero attached hydrogens (tertiary/aromatic N) is 5. The molecular formula is C21H21F2N7O5. The summed E-state index contributed by atoms with van der Waals surface area (Å²) in [5.41, 5.74) is -3.67. The van der Waals surface area contributed by atoms with Gasteiger partial charge in [0.25, 0.3) is 17.0 Å². The largest absolute Gasteiger partial charge is 0.332 e. The van der Waals surface area contributed by atoms with Crippen LogP contribution in [0, 0.1) is 0 Å². The molecule has 0 bridgehead atoms. The van der Waals surface area contributed by atoms with Crippen LogP contribution in [-0.2, 0) is 19.5 Å². The van der Waals surface area contributed by atoms with Gasteiger partial charge in [-0.25, -0.2) is 18.4 Å². The number of hydrogen-bond acceptors (Lipinski definition) is 8. The van der Waals surface area contributed by atoms with Gasteiger partial charge in [0.05, 0.1) is 0 Å². The third-order valence-corrected chi connectivity index (χ3v) is 5.30. The number of fused-ring (bicyclic) bond motifs is 1. The van der Waals surface area contributed by atoms with Crippen LogP contribution in [0.15, 0.2) is 48.1 Å². The summed E-state index contributed by atoms with van der Waals surface area (Å²) >= 11 is 0. The van der Waals surface area contributed by atoms with E-state index in [1.54, 1.807) is 24.4 Å². The topological polar surface area (TPSA) is 162 Å². The molecule has 0 aliphatic rings. The fourth-order valence-corrected chi connectivity index (χ4v) is 3.67. The minimum atomic E-state index is -2.58. The van der Waals surface area contributed by atoms with E-state index in [1.807, 2.05) is 4.98 Å². The molecule has 14 heteroatoms. The molecule has 35 heavy (non-hydrogen) atoms. The molecule has 4 rings (SSSR count). The summed E-state index contributed by atoms with van der Waals surface area (Å²) in [6.45, 7) is -0.240. The number of hydrogen-bond donors (Lipinski definition) is 2. The molecule has 0 radical (unpaired) electrons. The highest BCUT2D eigenvalue weighted by atomic mass is 19.3. The van der Waals surface area contributed by atoms with Crippen molar-refractivity contribution in [3.8, 4) is 11.6 Å². The molecule has 0 atom stereocenters. The quantitative estimate of drug-likeness (QED) is 0.313. The predicted molar refractivity (Wildman–Crippen MR) is 119 cm³/mol. The van der Waals surface area contributed by atoms with Crippen molar-refractivity contribution in [2.75, 3.05) is 0 Å². The lowest BCUT2D eigenvalue weighted by Crippen LogP contribution is -2.44. The highest BCUT2D eigenvalue weighted by Crippen LogP contribution is 2.14. The first-order valence-electron chi connectivity index (χ1n) is 10.9. The predicted octanol–water partition coefficient (Wildman–Crippen LogP) is 1.05. The standard InChI is InChI=1S/C21H21F2N7O5/c22-13(23)7-5-11-29-16-15(26-20(33)27-17(16)31)19(32)30(21(29)34)10-4-2-8-14-25-18(35-28-14)12-6-1-3-9-24-12/h1,3,6,9,13H,2,4-5,7-8,10-11H2,(H2,26,27,31,33). The van der Waals surface area contributed by atoms with E-state index in [-0.39, 0.29) is 36.4 Å². The van der Waals surface area contributed by atoms with Crippen molar-refractivity contribution in [3.63, 3.8) is 0 Å². The van der Waals surface area contributed by atoms with Gasteiger partial charge in [-0.05, 0) is 31.4 Å². The zero-order valence-corrected chi connectivity index (χ0v) is 18.4. The SMILES string of the molecule is O=c1[nH]c(=O)c2c([nH]1)c(=O)n(CCCCc1noc(-c3ccccn3)n1)c(=O)n2CCCC(F)F. The fraction of sp³-hybridized carbons (Fsp3) is 0.381. The van der Waals surface area contributed by atoms with Crippen LogP contribution in [0.25, 0.3) is 22.6 Å². The summed E-state index contributed by atoms with van der Waals surface area (Å²) in [4.78, 5) is 62.5.